The summed E-state index contributed by atoms with van der Waals surface area (Å²) in [6.45, 7) is 0.0723. The summed E-state index contributed by atoms with van der Waals surface area (Å²) in [6, 6.07) is 69.4. The molecule has 250 valence electrons. The van der Waals surface area contributed by atoms with Gasteiger partial charge in [-0.3, -0.25) is 0 Å². The number of nitrogens with zero attached hydrogens (tertiary/aromatic N) is 3. The summed E-state index contributed by atoms with van der Waals surface area (Å²) in [4.78, 5) is 10.4. The van der Waals surface area contributed by atoms with Crippen LogP contribution in [0.2, 0.25) is 0 Å². The van der Waals surface area contributed by atoms with E-state index in [1.165, 1.54) is 82.4 Å². The second-order valence-electron chi connectivity index (χ2n) is 14.4. The van der Waals surface area contributed by atoms with Gasteiger partial charge in [-0.1, -0.05) is 145 Å². The number of fused-ring (bicyclic) bond motifs is 10. The van der Waals surface area contributed by atoms with Gasteiger partial charge in [0.2, 0.25) is 6.71 Å². The van der Waals surface area contributed by atoms with Crippen molar-refractivity contribution in [2.75, 3.05) is 14.7 Å². The van der Waals surface area contributed by atoms with Crippen molar-refractivity contribution in [2.24, 2.45) is 0 Å². The number of para-hydroxylation sites is 6. The topological polar surface area (TPSA) is 9.72 Å². The van der Waals surface area contributed by atoms with Gasteiger partial charge < -0.3 is 14.7 Å². The van der Waals surface area contributed by atoms with Gasteiger partial charge in [0, 0.05) is 43.9 Å². The summed E-state index contributed by atoms with van der Waals surface area (Å²) >= 11 is 1.95. The largest absolute Gasteiger partial charge is 0.310 e. The van der Waals surface area contributed by atoms with E-state index in [4.69, 9.17) is 0 Å². The lowest BCUT2D eigenvalue weighted by Gasteiger charge is -2.50. The standard InChI is InChI=1S/C48H31B2N3S/c1-4-18-32(19-5-1)51-39-28-14-10-24-35(39)49-36-25-11-16-30-41(36)53(34-22-8-3-9-23-34)47-43(49)45(51)46-44-48(47)54-42-31-17-13-27-38(42)50(44)37-26-12-15-29-40(37)52(46)33-20-6-2-7-21-33/h1-31H. The van der Waals surface area contributed by atoms with E-state index < -0.39 is 0 Å². The quantitative estimate of drug-likeness (QED) is 0.171. The number of hydrogen-bond donors (Lipinski definition) is 0. The minimum absolute atomic E-state index is 0.0230. The molecular weight excluding hydrogens is 672 g/mol. The Bertz CT molecular complexity index is 2780. The maximum atomic E-state index is 2.57. The summed E-state index contributed by atoms with van der Waals surface area (Å²) in [7, 11) is 0. The molecule has 0 amide bonds. The monoisotopic (exact) mass is 703 g/mol. The van der Waals surface area contributed by atoms with Gasteiger partial charge in [0.05, 0.1) is 17.1 Å². The molecule has 4 heterocycles. The number of hydrogen-bond acceptors (Lipinski definition) is 4. The smallest absolute Gasteiger partial charge is 0.252 e. The number of benzene rings is 8. The number of anilines is 9. The third kappa shape index (κ3) is 4.06. The lowest BCUT2D eigenvalue weighted by Crippen LogP contribution is -2.65. The van der Waals surface area contributed by atoms with E-state index in [1.807, 2.05) is 11.8 Å². The van der Waals surface area contributed by atoms with Crippen LogP contribution in [0.25, 0.3) is 0 Å². The van der Waals surface area contributed by atoms with Crippen molar-refractivity contribution in [2.45, 2.75) is 9.79 Å². The fourth-order valence-corrected chi connectivity index (χ4v) is 10.9. The van der Waals surface area contributed by atoms with Gasteiger partial charge in [0.1, 0.15) is 0 Å². The molecule has 8 aromatic carbocycles. The molecule has 6 heteroatoms. The Morgan fingerprint density at radius 3 is 1.15 bits per heavy atom. The van der Waals surface area contributed by atoms with E-state index in [-0.39, 0.29) is 13.4 Å². The van der Waals surface area contributed by atoms with Crippen LogP contribution in [0.1, 0.15) is 0 Å². The van der Waals surface area contributed by atoms with Crippen molar-refractivity contribution in [3.05, 3.63) is 188 Å². The predicted octanol–water partition coefficient (Wildman–Crippen LogP) is 8.53. The average molecular weight is 703 g/mol. The Balaban J connectivity index is 1.33. The van der Waals surface area contributed by atoms with Crippen LogP contribution in [0.3, 0.4) is 0 Å². The lowest BCUT2D eigenvalue weighted by molar-refractivity contribution is 1.19. The highest BCUT2D eigenvalue weighted by Crippen LogP contribution is 2.55. The Morgan fingerprint density at radius 2 is 0.667 bits per heavy atom. The molecule has 0 N–H and O–H groups in total. The van der Waals surface area contributed by atoms with Crippen molar-refractivity contribution in [1.29, 1.82) is 0 Å². The van der Waals surface area contributed by atoms with Crippen LogP contribution in [0.15, 0.2) is 198 Å². The van der Waals surface area contributed by atoms with E-state index in [0.29, 0.717) is 0 Å². The van der Waals surface area contributed by atoms with Crippen molar-refractivity contribution in [3.63, 3.8) is 0 Å². The summed E-state index contributed by atoms with van der Waals surface area (Å²) in [5, 5.41) is 0. The first kappa shape index (κ1) is 30.1. The van der Waals surface area contributed by atoms with E-state index >= 15 is 0 Å². The van der Waals surface area contributed by atoms with Gasteiger partial charge in [0.15, 0.2) is 0 Å². The first-order valence-electron chi connectivity index (χ1n) is 18.7. The van der Waals surface area contributed by atoms with E-state index in [1.54, 1.807) is 0 Å². The van der Waals surface area contributed by atoms with Gasteiger partial charge in [-0.15, -0.1) is 0 Å². The molecule has 3 nitrogen and oxygen atoms in total. The molecule has 0 unspecified atom stereocenters. The van der Waals surface area contributed by atoms with Crippen LogP contribution in [-0.4, -0.2) is 13.4 Å². The highest BCUT2D eigenvalue weighted by atomic mass is 32.2. The highest BCUT2D eigenvalue weighted by molar-refractivity contribution is 8.00. The van der Waals surface area contributed by atoms with Crippen molar-refractivity contribution in [1.82, 2.24) is 0 Å². The fraction of sp³-hybridized carbons (Fsp3) is 0. The molecule has 12 rings (SSSR count). The van der Waals surface area contributed by atoms with Gasteiger partial charge >= 0.3 is 0 Å². The van der Waals surface area contributed by atoms with Crippen molar-refractivity contribution >= 4 is 109 Å². The molecule has 0 aromatic heterocycles. The molecular formula is C48H31B2N3S. The molecule has 4 aliphatic rings. The van der Waals surface area contributed by atoms with Crippen LogP contribution in [0.4, 0.5) is 51.2 Å². The van der Waals surface area contributed by atoms with Crippen LogP contribution in [-0.2, 0) is 0 Å². The summed E-state index contributed by atoms with van der Waals surface area (Å²) < 4.78 is 0. The zero-order valence-electron chi connectivity index (χ0n) is 29.3. The fourth-order valence-electron chi connectivity index (χ4n) is 9.63. The normalized spacial score (nSPS) is 14.0. The van der Waals surface area contributed by atoms with Gasteiger partial charge in [-0.25, -0.2) is 0 Å². The summed E-state index contributed by atoms with van der Waals surface area (Å²) in [5.41, 5.74) is 19.0. The van der Waals surface area contributed by atoms with Gasteiger partial charge in [-0.05, 0) is 88.0 Å². The lowest BCUT2D eigenvalue weighted by atomic mass is 9.31. The Kier molecular flexibility index (Phi) is 6.46. The Morgan fingerprint density at radius 1 is 0.315 bits per heavy atom. The van der Waals surface area contributed by atoms with E-state index in [2.05, 4.69) is 203 Å². The molecule has 0 saturated heterocycles. The van der Waals surface area contributed by atoms with Crippen LogP contribution >= 0.6 is 11.8 Å². The van der Waals surface area contributed by atoms with E-state index in [0.717, 1.165) is 11.4 Å². The SMILES string of the molecule is c1ccc(N2c3ccccc3B3c4ccccc4N(c4ccccc4)c4c3c2c2c3c4N(c4ccccc4)c4ccccc4B3c3ccccc3S2)cc1. The molecule has 0 atom stereocenters. The molecule has 4 aliphatic heterocycles. The van der Waals surface area contributed by atoms with Crippen LogP contribution < -0.4 is 47.5 Å². The third-order valence-electron chi connectivity index (χ3n) is 11.6. The molecule has 0 saturated carbocycles. The maximum Gasteiger partial charge on any atom is 0.252 e. The third-order valence-corrected chi connectivity index (χ3v) is 12.9. The zero-order valence-corrected chi connectivity index (χ0v) is 30.1. The highest BCUT2D eigenvalue weighted by Gasteiger charge is 2.51. The minimum Gasteiger partial charge on any atom is -0.310 e. The second-order valence-corrected chi connectivity index (χ2v) is 15.4. The zero-order chi connectivity index (χ0) is 35.3. The second kappa shape index (κ2) is 11.6. The van der Waals surface area contributed by atoms with E-state index in [9.17, 15) is 0 Å². The molecule has 0 aliphatic carbocycles. The molecule has 0 bridgehead atoms. The van der Waals surface area contributed by atoms with Gasteiger partial charge in [-0.2, -0.15) is 0 Å². The number of rotatable bonds is 3. The van der Waals surface area contributed by atoms with Gasteiger partial charge in [0.25, 0.3) is 6.71 Å². The first-order valence-corrected chi connectivity index (χ1v) is 19.5. The van der Waals surface area contributed by atoms with Crippen molar-refractivity contribution in [3.8, 4) is 0 Å². The molecule has 0 radical (unpaired) electrons. The minimum atomic E-state index is 0.0230. The molecule has 0 fully saturated rings. The first-order chi connectivity index (χ1) is 26.9. The van der Waals surface area contributed by atoms with Crippen LogP contribution in [0, 0.1) is 0 Å². The average Bonchev–Trinajstić information content (AvgIpc) is 3.25. The Hall–Kier alpha value is -6.36. The molecule has 0 spiro atoms. The Labute approximate surface area is 320 Å². The maximum absolute atomic E-state index is 2.57. The van der Waals surface area contributed by atoms with Crippen molar-refractivity contribution < 1.29 is 0 Å². The molecule has 54 heavy (non-hydrogen) atoms. The summed E-state index contributed by atoms with van der Waals surface area (Å²) in [6.07, 6.45) is 0. The molecule has 8 aromatic rings. The summed E-state index contributed by atoms with van der Waals surface area (Å²) in [5.74, 6) is 0. The predicted molar refractivity (Wildman–Crippen MR) is 230 cm³/mol. The van der Waals surface area contributed by atoms with Crippen LogP contribution in [0.5, 0.6) is 0 Å².